The lowest BCUT2D eigenvalue weighted by Gasteiger charge is -2.29. The van der Waals surface area contributed by atoms with Gasteiger partial charge in [0.2, 0.25) is 5.95 Å². The second-order valence-electron chi connectivity index (χ2n) is 8.74. The third-order valence-corrected chi connectivity index (χ3v) is 7.42. The molecule has 0 spiro atoms. The highest BCUT2D eigenvalue weighted by Crippen LogP contribution is 2.29. The number of anilines is 2. The third kappa shape index (κ3) is 4.62. The van der Waals surface area contributed by atoms with Gasteiger partial charge in [-0.25, -0.2) is 12.9 Å². The summed E-state index contributed by atoms with van der Waals surface area (Å²) in [6.45, 7) is 2.30. The van der Waals surface area contributed by atoms with Crippen molar-refractivity contribution in [1.82, 2.24) is 19.5 Å². The molecule has 0 aliphatic carbocycles. The molecule has 0 atom stereocenters. The van der Waals surface area contributed by atoms with Gasteiger partial charge in [-0.15, -0.1) is 5.10 Å². The summed E-state index contributed by atoms with van der Waals surface area (Å²) in [6.07, 6.45) is 3.61. The van der Waals surface area contributed by atoms with Gasteiger partial charge in [-0.3, -0.25) is 0 Å². The Morgan fingerprint density at radius 2 is 1.64 bits per heavy atom. The molecule has 170 valence electrons. The summed E-state index contributed by atoms with van der Waals surface area (Å²) >= 11 is 0. The van der Waals surface area contributed by atoms with Crippen molar-refractivity contribution in [1.29, 1.82) is 0 Å². The van der Waals surface area contributed by atoms with Crippen LogP contribution in [0.25, 0.3) is 16.9 Å². The zero-order chi connectivity index (χ0) is 23.0. The van der Waals surface area contributed by atoms with Crippen LogP contribution in [0.3, 0.4) is 0 Å². The molecule has 2 aromatic carbocycles. The Morgan fingerprint density at radius 1 is 0.939 bits per heavy atom. The van der Waals surface area contributed by atoms with Crippen LogP contribution < -0.4 is 5.32 Å². The molecule has 0 saturated carbocycles. The second-order valence-corrected chi connectivity index (χ2v) is 10.8. The zero-order valence-corrected chi connectivity index (χ0v) is 19.6. The molecular formula is C25H27N5O2S. The SMILES string of the molecule is CN1CCC(c2ccc(Nc3nc4cccc(-c5ccc(S(C)(=O)=O)cc5)n4n3)cc2)CC1. The Hall–Kier alpha value is -3.23. The Morgan fingerprint density at radius 3 is 2.30 bits per heavy atom. The maximum absolute atomic E-state index is 11.8. The van der Waals surface area contributed by atoms with Crippen LogP contribution in [0.2, 0.25) is 0 Å². The number of nitrogens with zero attached hydrogens (tertiary/aromatic N) is 4. The Labute approximate surface area is 194 Å². The van der Waals surface area contributed by atoms with Crippen LogP contribution in [0, 0.1) is 0 Å². The van der Waals surface area contributed by atoms with Gasteiger partial charge in [0.15, 0.2) is 15.5 Å². The number of fused-ring (bicyclic) bond motifs is 1. The van der Waals surface area contributed by atoms with E-state index >= 15 is 0 Å². The normalized spacial score (nSPS) is 15.7. The van der Waals surface area contributed by atoms with Gasteiger partial charge in [0.1, 0.15) is 0 Å². The Kier molecular flexibility index (Phi) is 5.64. The molecule has 5 rings (SSSR count). The van der Waals surface area contributed by atoms with Gasteiger partial charge >= 0.3 is 0 Å². The first kappa shape index (κ1) is 21.6. The van der Waals surface area contributed by atoms with Crippen molar-refractivity contribution in [3.05, 3.63) is 72.3 Å². The van der Waals surface area contributed by atoms with Gasteiger partial charge in [0.25, 0.3) is 0 Å². The first-order chi connectivity index (χ1) is 15.9. The molecule has 1 aliphatic rings. The maximum atomic E-state index is 11.8. The number of nitrogens with one attached hydrogen (secondary N) is 1. The molecule has 4 aromatic rings. The van der Waals surface area contributed by atoms with Gasteiger partial charge < -0.3 is 10.2 Å². The molecule has 33 heavy (non-hydrogen) atoms. The van der Waals surface area contributed by atoms with Crippen molar-refractivity contribution in [3.8, 4) is 11.3 Å². The number of hydrogen-bond acceptors (Lipinski definition) is 6. The fraction of sp³-hybridized carbons (Fsp3) is 0.280. The molecule has 3 heterocycles. The largest absolute Gasteiger partial charge is 0.323 e. The molecule has 8 heteroatoms. The zero-order valence-electron chi connectivity index (χ0n) is 18.8. The minimum atomic E-state index is -3.23. The van der Waals surface area contributed by atoms with Gasteiger partial charge in [-0.2, -0.15) is 4.98 Å². The van der Waals surface area contributed by atoms with E-state index in [0.717, 1.165) is 30.0 Å². The van der Waals surface area contributed by atoms with E-state index < -0.39 is 9.84 Å². The number of hydrogen-bond donors (Lipinski definition) is 1. The molecule has 7 nitrogen and oxygen atoms in total. The summed E-state index contributed by atoms with van der Waals surface area (Å²) in [5.41, 5.74) is 4.75. The van der Waals surface area contributed by atoms with Crippen LogP contribution in [0.5, 0.6) is 0 Å². The number of benzene rings is 2. The highest BCUT2D eigenvalue weighted by molar-refractivity contribution is 7.90. The fourth-order valence-corrected chi connectivity index (χ4v) is 4.99. The highest BCUT2D eigenvalue weighted by atomic mass is 32.2. The topological polar surface area (TPSA) is 79.6 Å². The lowest BCUT2D eigenvalue weighted by molar-refractivity contribution is 0.255. The molecule has 1 saturated heterocycles. The molecule has 0 unspecified atom stereocenters. The van der Waals surface area contributed by atoms with E-state index in [4.69, 9.17) is 0 Å². The first-order valence-electron chi connectivity index (χ1n) is 11.1. The molecule has 0 amide bonds. The smallest absolute Gasteiger partial charge is 0.247 e. The number of likely N-dealkylation sites (tertiary alicyclic amines) is 1. The third-order valence-electron chi connectivity index (χ3n) is 6.29. The van der Waals surface area contributed by atoms with E-state index in [-0.39, 0.29) is 0 Å². The molecule has 1 N–H and O–H groups in total. The van der Waals surface area contributed by atoms with E-state index in [0.29, 0.717) is 22.4 Å². The lowest BCUT2D eigenvalue weighted by atomic mass is 9.89. The minimum absolute atomic E-state index is 0.295. The standard InChI is InChI=1S/C25H27N5O2S/c1-29-16-14-19(15-17-29)18-6-10-21(11-7-18)26-25-27-24-5-3-4-23(30(24)28-25)20-8-12-22(13-9-20)33(2,31)32/h3-13,19H,14-17H2,1-2H3,(H,26,28). The van der Waals surface area contributed by atoms with E-state index in [9.17, 15) is 8.42 Å². The number of piperidine rings is 1. The minimum Gasteiger partial charge on any atom is -0.323 e. The van der Waals surface area contributed by atoms with Crippen LogP contribution in [-0.2, 0) is 9.84 Å². The number of rotatable bonds is 5. The quantitative estimate of drug-likeness (QED) is 0.476. The first-order valence-corrected chi connectivity index (χ1v) is 13.0. The number of aromatic nitrogens is 3. The van der Waals surface area contributed by atoms with Crippen molar-refractivity contribution in [3.63, 3.8) is 0 Å². The Balaban J connectivity index is 1.37. The predicted molar refractivity (Wildman–Crippen MR) is 131 cm³/mol. The summed E-state index contributed by atoms with van der Waals surface area (Å²) in [7, 11) is -1.05. The van der Waals surface area contributed by atoms with E-state index in [1.165, 1.54) is 24.7 Å². The van der Waals surface area contributed by atoms with Crippen molar-refractivity contribution in [2.24, 2.45) is 0 Å². The fourth-order valence-electron chi connectivity index (χ4n) is 4.36. The van der Waals surface area contributed by atoms with Crippen molar-refractivity contribution in [2.75, 3.05) is 31.7 Å². The monoisotopic (exact) mass is 461 g/mol. The summed E-state index contributed by atoms with van der Waals surface area (Å²) in [5, 5.41) is 7.95. The van der Waals surface area contributed by atoms with Crippen LogP contribution >= 0.6 is 0 Å². The molecular weight excluding hydrogens is 434 g/mol. The van der Waals surface area contributed by atoms with E-state index in [2.05, 4.69) is 51.6 Å². The summed E-state index contributed by atoms with van der Waals surface area (Å²) < 4.78 is 25.3. The van der Waals surface area contributed by atoms with Gasteiger partial charge in [-0.05, 0) is 80.9 Å². The molecule has 1 aliphatic heterocycles. The molecule has 2 aromatic heterocycles. The number of pyridine rings is 1. The number of sulfone groups is 1. The van der Waals surface area contributed by atoms with Crippen LogP contribution in [0.15, 0.2) is 71.6 Å². The maximum Gasteiger partial charge on any atom is 0.247 e. The molecule has 0 radical (unpaired) electrons. The average Bonchev–Trinajstić information content (AvgIpc) is 3.22. The average molecular weight is 462 g/mol. The van der Waals surface area contributed by atoms with Crippen LogP contribution in [-0.4, -0.2) is 54.3 Å². The van der Waals surface area contributed by atoms with E-state index in [1.54, 1.807) is 28.8 Å². The van der Waals surface area contributed by atoms with Crippen LogP contribution in [0.1, 0.15) is 24.3 Å². The van der Waals surface area contributed by atoms with Gasteiger partial charge in [0, 0.05) is 17.5 Å². The van der Waals surface area contributed by atoms with E-state index in [1.807, 2.05) is 18.2 Å². The molecule has 1 fully saturated rings. The van der Waals surface area contributed by atoms with Crippen LogP contribution in [0.4, 0.5) is 11.6 Å². The summed E-state index contributed by atoms with van der Waals surface area (Å²) in [5.74, 6) is 1.14. The van der Waals surface area contributed by atoms with Gasteiger partial charge in [-0.1, -0.05) is 30.3 Å². The summed E-state index contributed by atoms with van der Waals surface area (Å²) in [4.78, 5) is 7.29. The Bertz CT molecular complexity index is 1370. The van der Waals surface area contributed by atoms with Crippen molar-refractivity contribution < 1.29 is 8.42 Å². The van der Waals surface area contributed by atoms with Crippen molar-refractivity contribution in [2.45, 2.75) is 23.7 Å². The second kappa shape index (κ2) is 8.61. The summed E-state index contributed by atoms with van der Waals surface area (Å²) in [6, 6.07) is 21.2. The molecule has 0 bridgehead atoms. The lowest BCUT2D eigenvalue weighted by Crippen LogP contribution is -2.29. The van der Waals surface area contributed by atoms with Gasteiger partial charge in [0.05, 0.1) is 10.6 Å². The highest BCUT2D eigenvalue weighted by Gasteiger charge is 2.18. The predicted octanol–water partition coefficient (Wildman–Crippen LogP) is 4.35. The van der Waals surface area contributed by atoms with Crippen molar-refractivity contribution >= 4 is 27.1 Å².